The summed E-state index contributed by atoms with van der Waals surface area (Å²) in [5, 5.41) is 14.6. The number of carbonyl (C=O) groups excluding carboxylic acids is 1. The van der Waals surface area contributed by atoms with Gasteiger partial charge in [0.2, 0.25) is 0 Å². The number of nitrogens with zero attached hydrogens (tertiary/aromatic N) is 3. The Bertz CT molecular complexity index is 911. The Morgan fingerprint density at radius 3 is 2.40 bits per heavy atom. The van der Waals surface area contributed by atoms with E-state index in [-0.39, 0.29) is 12.5 Å². The molecule has 2 fully saturated rings. The number of hydrogen-bond acceptors (Lipinski definition) is 6. The quantitative estimate of drug-likeness (QED) is 0.701. The molecular formula is C23H26N4O2S. The minimum atomic E-state index is -0.635. The van der Waals surface area contributed by atoms with Gasteiger partial charge in [-0.25, -0.2) is 4.99 Å². The van der Waals surface area contributed by atoms with E-state index >= 15 is 0 Å². The molecule has 2 aliphatic heterocycles. The molecule has 0 radical (unpaired) electrons. The number of β-amino-alcohol motifs (C(OH)–C–C–N with tert-alkyl or cyclic N) is 1. The fourth-order valence-corrected chi connectivity index (χ4v) is 4.53. The van der Waals surface area contributed by atoms with Crippen LogP contribution in [0, 0.1) is 0 Å². The number of hydrogen-bond donors (Lipinski definition) is 2. The minimum absolute atomic E-state index is 0.113. The number of amidine groups is 1. The highest BCUT2D eigenvalue weighted by Gasteiger charge is 2.35. The molecule has 0 saturated carbocycles. The number of nitrogens with one attached hydrogen (secondary N) is 1. The van der Waals surface area contributed by atoms with Crippen LogP contribution >= 0.6 is 11.8 Å². The number of thioether (sulfide) groups is 1. The monoisotopic (exact) mass is 422 g/mol. The summed E-state index contributed by atoms with van der Waals surface area (Å²) in [4.78, 5) is 22.3. The van der Waals surface area contributed by atoms with E-state index in [1.165, 1.54) is 11.8 Å². The first-order chi connectivity index (χ1) is 14.7. The summed E-state index contributed by atoms with van der Waals surface area (Å²) >= 11 is 1.36. The van der Waals surface area contributed by atoms with E-state index in [9.17, 15) is 9.90 Å². The number of para-hydroxylation sites is 1. The molecule has 30 heavy (non-hydrogen) atoms. The third-order valence-corrected chi connectivity index (χ3v) is 6.04. The lowest BCUT2D eigenvalue weighted by Crippen LogP contribution is -2.48. The second-order valence-corrected chi connectivity index (χ2v) is 8.38. The highest BCUT2D eigenvalue weighted by atomic mass is 32.2. The summed E-state index contributed by atoms with van der Waals surface area (Å²) in [6, 6.07) is 19.4. The molecule has 1 unspecified atom stereocenters. The highest BCUT2D eigenvalue weighted by molar-refractivity contribution is 8.18. The lowest BCUT2D eigenvalue weighted by Gasteiger charge is -2.30. The fourth-order valence-electron chi connectivity index (χ4n) is 3.53. The number of carbonyl (C=O) groups is 1. The van der Waals surface area contributed by atoms with Gasteiger partial charge in [-0.3, -0.25) is 14.6 Å². The molecule has 156 valence electrons. The van der Waals surface area contributed by atoms with Gasteiger partial charge in [-0.2, -0.15) is 0 Å². The molecule has 2 N–H and O–H groups in total. The van der Waals surface area contributed by atoms with Gasteiger partial charge in [0.25, 0.3) is 5.91 Å². The molecule has 1 atom stereocenters. The van der Waals surface area contributed by atoms with Gasteiger partial charge in [-0.15, -0.1) is 0 Å². The van der Waals surface area contributed by atoms with Gasteiger partial charge in [0.1, 0.15) is 0 Å². The van der Waals surface area contributed by atoms with E-state index in [4.69, 9.17) is 4.99 Å². The molecule has 4 rings (SSSR count). The first kappa shape index (κ1) is 20.8. The van der Waals surface area contributed by atoms with Crippen molar-refractivity contribution in [2.45, 2.75) is 6.10 Å². The van der Waals surface area contributed by atoms with Crippen molar-refractivity contribution in [1.29, 1.82) is 0 Å². The Kier molecular flexibility index (Phi) is 6.96. The third-order valence-electron chi connectivity index (χ3n) is 5.04. The van der Waals surface area contributed by atoms with Gasteiger partial charge in [0.15, 0.2) is 5.17 Å². The smallest absolute Gasteiger partial charge is 0.266 e. The van der Waals surface area contributed by atoms with Crippen LogP contribution in [0.15, 0.2) is 70.6 Å². The standard InChI is InChI=1S/C23H26N4O2S/c28-20(16-26-13-11-24-12-14-26)17-27-22(29)21(15-18-7-3-1-4-8-18)30-23(27)25-19-9-5-2-6-10-19/h1-10,15,20,24,28H,11-14,16-17H2/b21-15+,25-23?. The number of rotatable bonds is 6. The summed E-state index contributed by atoms with van der Waals surface area (Å²) < 4.78 is 0. The van der Waals surface area contributed by atoms with Gasteiger partial charge in [0, 0.05) is 32.7 Å². The maximum absolute atomic E-state index is 13.2. The van der Waals surface area contributed by atoms with Crippen molar-refractivity contribution in [1.82, 2.24) is 15.1 Å². The minimum Gasteiger partial charge on any atom is -0.390 e. The predicted molar refractivity (Wildman–Crippen MR) is 123 cm³/mol. The normalized spacial score (nSPS) is 21.5. The van der Waals surface area contributed by atoms with Crippen LogP contribution in [0.4, 0.5) is 5.69 Å². The number of aliphatic hydroxyl groups excluding tert-OH is 1. The van der Waals surface area contributed by atoms with Gasteiger partial charge >= 0.3 is 0 Å². The van der Waals surface area contributed by atoms with Crippen molar-refractivity contribution < 1.29 is 9.90 Å². The van der Waals surface area contributed by atoms with Gasteiger partial charge in [0.05, 0.1) is 23.2 Å². The van der Waals surface area contributed by atoms with E-state index < -0.39 is 6.10 Å². The van der Waals surface area contributed by atoms with E-state index in [1.807, 2.05) is 66.7 Å². The molecule has 1 amide bonds. The van der Waals surface area contributed by atoms with Crippen molar-refractivity contribution >= 4 is 34.6 Å². The topological polar surface area (TPSA) is 68.2 Å². The van der Waals surface area contributed by atoms with E-state index in [2.05, 4.69) is 10.2 Å². The number of amides is 1. The van der Waals surface area contributed by atoms with Crippen LogP contribution in [0.25, 0.3) is 6.08 Å². The van der Waals surface area contributed by atoms with Crippen LogP contribution in [0.1, 0.15) is 5.56 Å². The molecule has 0 spiro atoms. The molecule has 7 heteroatoms. The Hall–Kier alpha value is -2.45. The average Bonchev–Trinajstić information content (AvgIpc) is 3.04. The maximum Gasteiger partial charge on any atom is 0.266 e. The zero-order valence-corrected chi connectivity index (χ0v) is 17.6. The molecule has 0 bridgehead atoms. The Morgan fingerprint density at radius 1 is 1.03 bits per heavy atom. The average molecular weight is 423 g/mol. The SMILES string of the molecule is O=C1/C(=C\c2ccccc2)SC(=Nc2ccccc2)N1CC(O)CN1CCNCC1. The summed E-state index contributed by atoms with van der Waals surface area (Å²) in [6.07, 6.45) is 1.25. The molecule has 2 saturated heterocycles. The van der Waals surface area contributed by atoms with E-state index in [0.717, 1.165) is 37.4 Å². The summed E-state index contributed by atoms with van der Waals surface area (Å²) in [5.74, 6) is -0.113. The summed E-state index contributed by atoms with van der Waals surface area (Å²) in [7, 11) is 0. The lowest BCUT2D eigenvalue weighted by molar-refractivity contribution is -0.123. The van der Waals surface area contributed by atoms with Crippen LogP contribution in [0.3, 0.4) is 0 Å². The second-order valence-electron chi connectivity index (χ2n) is 7.37. The van der Waals surface area contributed by atoms with E-state index in [1.54, 1.807) is 4.90 Å². The van der Waals surface area contributed by atoms with Crippen LogP contribution < -0.4 is 5.32 Å². The van der Waals surface area contributed by atoms with Gasteiger partial charge in [-0.1, -0.05) is 48.5 Å². The van der Waals surface area contributed by atoms with Gasteiger partial charge in [-0.05, 0) is 35.5 Å². The van der Waals surface area contributed by atoms with Crippen molar-refractivity contribution in [3.63, 3.8) is 0 Å². The van der Waals surface area contributed by atoms with Crippen molar-refractivity contribution in [2.24, 2.45) is 4.99 Å². The first-order valence-corrected chi connectivity index (χ1v) is 11.0. The molecule has 2 heterocycles. The molecule has 0 aliphatic carbocycles. The molecule has 2 aliphatic rings. The molecule has 0 aromatic heterocycles. The van der Waals surface area contributed by atoms with Crippen LogP contribution in [-0.2, 0) is 4.79 Å². The van der Waals surface area contributed by atoms with Crippen LogP contribution in [0.2, 0.25) is 0 Å². The zero-order valence-electron chi connectivity index (χ0n) is 16.8. The molecule has 2 aromatic carbocycles. The van der Waals surface area contributed by atoms with Crippen LogP contribution in [0.5, 0.6) is 0 Å². The summed E-state index contributed by atoms with van der Waals surface area (Å²) in [6.45, 7) is 4.44. The first-order valence-electron chi connectivity index (χ1n) is 10.2. The van der Waals surface area contributed by atoms with E-state index in [0.29, 0.717) is 16.6 Å². The number of aliphatic imine (C=N–C) groups is 1. The van der Waals surface area contributed by atoms with Crippen LogP contribution in [-0.4, -0.2) is 71.4 Å². The molecule has 2 aromatic rings. The van der Waals surface area contributed by atoms with Crippen molar-refractivity contribution in [2.75, 3.05) is 39.3 Å². The Morgan fingerprint density at radius 2 is 1.70 bits per heavy atom. The number of piperazine rings is 1. The second kappa shape index (κ2) is 10.0. The number of benzene rings is 2. The fraction of sp³-hybridized carbons (Fsp3) is 0.304. The third kappa shape index (κ3) is 5.37. The maximum atomic E-state index is 13.2. The van der Waals surface area contributed by atoms with Gasteiger partial charge < -0.3 is 10.4 Å². The van der Waals surface area contributed by atoms with Crippen molar-refractivity contribution in [3.05, 3.63) is 71.1 Å². The zero-order chi connectivity index (χ0) is 20.8. The summed E-state index contributed by atoms with van der Waals surface area (Å²) in [5.41, 5.74) is 1.76. The predicted octanol–water partition coefficient (Wildman–Crippen LogP) is 2.56. The Labute approximate surface area is 181 Å². The highest BCUT2D eigenvalue weighted by Crippen LogP contribution is 2.34. The largest absolute Gasteiger partial charge is 0.390 e. The molecule has 6 nitrogen and oxygen atoms in total. The lowest BCUT2D eigenvalue weighted by atomic mass is 10.2. The van der Waals surface area contributed by atoms with Crippen molar-refractivity contribution in [3.8, 4) is 0 Å². The number of aliphatic hydroxyl groups is 1. The Balaban J connectivity index is 1.55. The molecular weight excluding hydrogens is 396 g/mol.